The van der Waals surface area contributed by atoms with Crippen molar-refractivity contribution in [3.8, 4) is 11.8 Å². The van der Waals surface area contributed by atoms with Gasteiger partial charge in [-0.2, -0.15) is 0 Å². The first-order valence-corrected chi connectivity index (χ1v) is 11.3. The summed E-state index contributed by atoms with van der Waals surface area (Å²) in [6.07, 6.45) is 8.05. The van der Waals surface area contributed by atoms with Crippen LogP contribution >= 0.6 is 0 Å². The number of nitrogens with zero attached hydrogens (tertiary/aromatic N) is 3. The molecule has 7 nitrogen and oxygen atoms in total. The maximum absolute atomic E-state index is 11.6. The number of nitrogens with one attached hydrogen (secondary N) is 2. The molecule has 2 N–H and O–H groups in total. The third-order valence-corrected chi connectivity index (χ3v) is 5.74. The quantitative estimate of drug-likeness (QED) is 0.478. The normalized spacial score (nSPS) is 10.9. The van der Waals surface area contributed by atoms with E-state index in [0.717, 1.165) is 27.7 Å². The minimum atomic E-state index is -3.24. The van der Waals surface area contributed by atoms with Crippen molar-refractivity contribution in [3.63, 3.8) is 0 Å². The lowest BCUT2D eigenvalue weighted by molar-refractivity contribution is 0.602. The molecule has 3 aromatic heterocycles. The summed E-state index contributed by atoms with van der Waals surface area (Å²) in [7, 11) is -1.40. The third-order valence-electron chi connectivity index (χ3n) is 4.61. The Bertz CT molecular complexity index is 1420. The Morgan fingerprint density at radius 1 is 0.935 bits per heavy atom. The molecule has 0 radical (unpaired) electrons. The van der Waals surface area contributed by atoms with Crippen molar-refractivity contribution in [1.82, 2.24) is 15.0 Å². The lowest BCUT2D eigenvalue weighted by Gasteiger charge is -2.08. The zero-order valence-electron chi connectivity index (χ0n) is 16.9. The number of pyridine rings is 3. The molecule has 0 aliphatic rings. The van der Waals surface area contributed by atoms with Crippen LogP contribution in [0.1, 0.15) is 11.3 Å². The van der Waals surface area contributed by atoms with Crippen molar-refractivity contribution in [1.29, 1.82) is 0 Å². The van der Waals surface area contributed by atoms with Crippen LogP contribution in [0.5, 0.6) is 0 Å². The predicted molar refractivity (Wildman–Crippen MR) is 122 cm³/mol. The zero-order chi connectivity index (χ0) is 21.8. The SMILES string of the molecule is CNc1ccncc1C#Cc1nccc2cnc(Nc3ccc(S(C)(=O)=O)cc3)cc12. The molecular formula is C23H19N5O2S. The second-order valence-electron chi connectivity index (χ2n) is 6.79. The molecule has 0 fully saturated rings. The Morgan fingerprint density at radius 2 is 1.74 bits per heavy atom. The molecule has 8 heteroatoms. The van der Waals surface area contributed by atoms with Crippen molar-refractivity contribution in [3.05, 3.63) is 78.5 Å². The molecule has 1 aromatic carbocycles. The predicted octanol–water partition coefficient (Wildman–Crippen LogP) is 3.61. The van der Waals surface area contributed by atoms with Crippen LogP contribution in [0.25, 0.3) is 10.8 Å². The van der Waals surface area contributed by atoms with Gasteiger partial charge in [0.05, 0.1) is 16.1 Å². The maximum atomic E-state index is 11.6. The monoisotopic (exact) mass is 429 g/mol. The molecular weight excluding hydrogens is 410 g/mol. The van der Waals surface area contributed by atoms with Gasteiger partial charge < -0.3 is 10.6 Å². The van der Waals surface area contributed by atoms with E-state index in [2.05, 4.69) is 37.4 Å². The fourth-order valence-electron chi connectivity index (χ4n) is 3.01. The van der Waals surface area contributed by atoms with Gasteiger partial charge in [-0.25, -0.2) is 18.4 Å². The van der Waals surface area contributed by atoms with Crippen molar-refractivity contribution in [2.24, 2.45) is 0 Å². The minimum Gasteiger partial charge on any atom is -0.387 e. The molecule has 3 heterocycles. The maximum Gasteiger partial charge on any atom is 0.175 e. The Labute approximate surface area is 180 Å². The van der Waals surface area contributed by atoms with E-state index in [1.165, 1.54) is 6.26 Å². The summed E-state index contributed by atoms with van der Waals surface area (Å²) in [4.78, 5) is 13.3. The van der Waals surface area contributed by atoms with Crippen molar-refractivity contribution in [2.75, 3.05) is 23.9 Å². The van der Waals surface area contributed by atoms with Gasteiger partial charge in [0.15, 0.2) is 9.84 Å². The molecule has 0 amide bonds. The van der Waals surface area contributed by atoms with Gasteiger partial charge in [-0.15, -0.1) is 0 Å². The molecule has 0 saturated carbocycles. The van der Waals surface area contributed by atoms with Crippen molar-refractivity contribution in [2.45, 2.75) is 4.90 Å². The summed E-state index contributed by atoms with van der Waals surface area (Å²) in [5, 5.41) is 8.06. The molecule has 4 aromatic rings. The number of benzene rings is 1. The number of sulfone groups is 1. The number of fused-ring (bicyclic) bond motifs is 1. The molecule has 31 heavy (non-hydrogen) atoms. The van der Waals surface area contributed by atoms with Gasteiger partial charge in [-0.1, -0.05) is 5.92 Å². The Balaban J connectivity index is 1.67. The van der Waals surface area contributed by atoms with Gasteiger partial charge in [0.25, 0.3) is 0 Å². The molecule has 0 unspecified atom stereocenters. The first-order chi connectivity index (χ1) is 14.9. The molecule has 0 spiro atoms. The number of anilines is 3. The van der Waals surface area contributed by atoms with E-state index in [4.69, 9.17) is 0 Å². The lowest BCUT2D eigenvalue weighted by Crippen LogP contribution is -1.98. The molecule has 0 saturated heterocycles. The molecule has 0 atom stereocenters. The largest absolute Gasteiger partial charge is 0.387 e. The topological polar surface area (TPSA) is 96.9 Å². The number of rotatable bonds is 4. The van der Waals surface area contributed by atoms with Crippen molar-refractivity contribution < 1.29 is 8.42 Å². The average Bonchev–Trinajstić information content (AvgIpc) is 2.77. The van der Waals surface area contributed by atoms with Crippen LogP contribution < -0.4 is 10.6 Å². The summed E-state index contributed by atoms with van der Waals surface area (Å²) < 4.78 is 23.3. The lowest BCUT2D eigenvalue weighted by atomic mass is 10.1. The Morgan fingerprint density at radius 3 is 2.48 bits per heavy atom. The minimum absolute atomic E-state index is 0.266. The molecule has 0 aliphatic heterocycles. The fourth-order valence-corrected chi connectivity index (χ4v) is 3.64. The second-order valence-corrected chi connectivity index (χ2v) is 8.81. The highest BCUT2D eigenvalue weighted by Gasteiger charge is 2.07. The number of hydrogen-bond donors (Lipinski definition) is 2. The van der Waals surface area contributed by atoms with E-state index in [-0.39, 0.29) is 4.90 Å². The molecule has 0 aliphatic carbocycles. The average molecular weight is 430 g/mol. The van der Waals surface area contributed by atoms with Gasteiger partial charge in [-0.3, -0.25) is 4.98 Å². The van der Waals surface area contributed by atoms with Crippen LogP contribution in [0.2, 0.25) is 0 Å². The van der Waals surface area contributed by atoms with E-state index in [1.54, 1.807) is 49.1 Å². The molecule has 154 valence electrons. The Hall–Kier alpha value is -3.96. The fraction of sp³-hybridized carbons (Fsp3) is 0.0870. The van der Waals surface area contributed by atoms with E-state index in [0.29, 0.717) is 11.5 Å². The summed E-state index contributed by atoms with van der Waals surface area (Å²) in [5.41, 5.74) is 3.03. The zero-order valence-corrected chi connectivity index (χ0v) is 17.7. The standard InChI is InChI=1S/C23H19N5O2S/c1-24-21-10-11-25-14-17(21)3-8-22-20-13-23(27-15-16(20)9-12-26-22)28-18-4-6-19(7-5-18)31(2,29)30/h4-7,9-15H,1-2H3,(H,24,25)(H,27,28). The van der Waals surface area contributed by atoms with Crippen LogP contribution in [0.15, 0.2) is 72.1 Å². The van der Waals surface area contributed by atoms with Crippen LogP contribution in [0.4, 0.5) is 17.2 Å². The summed E-state index contributed by atoms with van der Waals surface area (Å²) in [6.45, 7) is 0. The van der Waals surface area contributed by atoms with E-state index < -0.39 is 9.84 Å². The summed E-state index contributed by atoms with van der Waals surface area (Å²) >= 11 is 0. The van der Waals surface area contributed by atoms with Crippen LogP contribution in [-0.4, -0.2) is 36.7 Å². The van der Waals surface area contributed by atoms with Gasteiger partial charge in [-0.05, 0) is 48.4 Å². The van der Waals surface area contributed by atoms with Gasteiger partial charge in [0.2, 0.25) is 0 Å². The van der Waals surface area contributed by atoms with Crippen LogP contribution in [-0.2, 0) is 9.84 Å². The van der Waals surface area contributed by atoms with E-state index in [9.17, 15) is 8.42 Å². The van der Waals surface area contributed by atoms with Crippen LogP contribution in [0.3, 0.4) is 0 Å². The van der Waals surface area contributed by atoms with Gasteiger partial charge >= 0.3 is 0 Å². The highest BCUT2D eigenvalue weighted by Crippen LogP contribution is 2.23. The van der Waals surface area contributed by atoms with E-state index in [1.807, 2.05) is 25.2 Å². The smallest absolute Gasteiger partial charge is 0.175 e. The highest BCUT2D eigenvalue weighted by atomic mass is 32.2. The summed E-state index contributed by atoms with van der Waals surface area (Å²) in [6, 6.07) is 12.1. The highest BCUT2D eigenvalue weighted by molar-refractivity contribution is 7.90. The van der Waals surface area contributed by atoms with Gasteiger partial charge in [0.1, 0.15) is 11.5 Å². The molecule has 4 rings (SSSR count). The summed E-state index contributed by atoms with van der Waals surface area (Å²) in [5.74, 6) is 6.86. The van der Waals surface area contributed by atoms with Crippen molar-refractivity contribution >= 4 is 37.8 Å². The third kappa shape index (κ3) is 4.63. The number of aromatic nitrogens is 3. The Kier molecular flexibility index (Phi) is 5.52. The first-order valence-electron chi connectivity index (χ1n) is 9.40. The van der Waals surface area contributed by atoms with Gasteiger partial charge in [0, 0.05) is 54.6 Å². The number of hydrogen-bond acceptors (Lipinski definition) is 7. The van der Waals surface area contributed by atoms with Crippen LogP contribution in [0, 0.1) is 11.8 Å². The molecule has 0 bridgehead atoms. The first kappa shape index (κ1) is 20.3. The second kappa shape index (κ2) is 8.42. The van der Waals surface area contributed by atoms with E-state index >= 15 is 0 Å².